The number of carbonyl (C=O) groups is 1. The van der Waals surface area contributed by atoms with Crippen molar-refractivity contribution < 1.29 is 14.3 Å². The molecule has 1 aromatic carbocycles. The highest BCUT2D eigenvalue weighted by Crippen LogP contribution is 2.06. The molecule has 1 atom stereocenters. The molecule has 1 rings (SSSR count). The number of carbonyl (C=O) groups excluding carboxylic acids is 1. The van der Waals surface area contributed by atoms with Gasteiger partial charge in [0.15, 0.2) is 5.96 Å². The standard InChI is InChI=1S/C23H40N4O3/c1-5-8-14-29-16-17-30-15-13-25-23(24-7-3)26-18-20-9-11-21(12-10-20)22(28)27-19(4)6-2/h9-12,19H,5-8,13-18H2,1-4H3,(H,27,28)(H2,24,25,26). The molecular formula is C23H40N4O3. The molecule has 1 amide bonds. The van der Waals surface area contributed by atoms with Crippen LogP contribution >= 0.6 is 0 Å². The molecule has 170 valence electrons. The van der Waals surface area contributed by atoms with Gasteiger partial charge in [-0.15, -0.1) is 0 Å². The SMILES string of the molecule is CCCCOCCOCCNC(=NCc1ccc(C(=O)NC(C)CC)cc1)NCC. The third-order valence-electron chi connectivity index (χ3n) is 4.52. The molecule has 1 unspecified atom stereocenters. The van der Waals surface area contributed by atoms with Crippen molar-refractivity contribution in [1.29, 1.82) is 0 Å². The van der Waals surface area contributed by atoms with Crippen LogP contribution in [0, 0.1) is 0 Å². The highest BCUT2D eigenvalue weighted by Gasteiger charge is 2.08. The molecule has 0 aliphatic heterocycles. The van der Waals surface area contributed by atoms with Crippen LogP contribution in [-0.2, 0) is 16.0 Å². The Balaban J connectivity index is 2.36. The number of nitrogens with one attached hydrogen (secondary N) is 3. The Bertz CT molecular complexity index is 605. The smallest absolute Gasteiger partial charge is 0.251 e. The van der Waals surface area contributed by atoms with E-state index >= 15 is 0 Å². The molecule has 0 aliphatic carbocycles. The lowest BCUT2D eigenvalue weighted by Crippen LogP contribution is -2.39. The minimum atomic E-state index is -0.0369. The van der Waals surface area contributed by atoms with Crippen molar-refractivity contribution in [3.8, 4) is 0 Å². The quantitative estimate of drug-likeness (QED) is 0.231. The molecule has 0 saturated heterocycles. The predicted molar refractivity (Wildman–Crippen MR) is 123 cm³/mol. The summed E-state index contributed by atoms with van der Waals surface area (Å²) in [7, 11) is 0. The minimum absolute atomic E-state index is 0.0369. The second-order valence-corrected chi connectivity index (χ2v) is 7.18. The fraction of sp³-hybridized carbons (Fsp3) is 0.652. The summed E-state index contributed by atoms with van der Waals surface area (Å²) in [6.45, 7) is 12.9. The number of nitrogens with zero attached hydrogens (tertiary/aromatic N) is 1. The first kappa shape index (κ1) is 25.9. The molecule has 30 heavy (non-hydrogen) atoms. The molecule has 0 saturated carbocycles. The maximum Gasteiger partial charge on any atom is 0.251 e. The molecule has 0 heterocycles. The maximum absolute atomic E-state index is 12.2. The summed E-state index contributed by atoms with van der Waals surface area (Å²) in [5.41, 5.74) is 1.72. The summed E-state index contributed by atoms with van der Waals surface area (Å²) in [5, 5.41) is 9.48. The van der Waals surface area contributed by atoms with E-state index in [1.165, 1.54) is 0 Å². The van der Waals surface area contributed by atoms with Gasteiger partial charge in [-0.1, -0.05) is 32.4 Å². The average molecular weight is 421 g/mol. The van der Waals surface area contributed by atoms with Crippen LogP contribution in [0.1, 0.15) is 62.9 Å². The average Bonchev–Trinajstić information content (AvgIpc) is 2.76. The van der Waals surface area contributed by atoms with Crippen LogP contribution in [-0.4, -0.2) is 57.4 Å². The zero-order valence-corrected chi connectivity index (χ0v) is 19.1. The van der Waals surface area contributed by atoms with Crippen LogP contribution in [0.25, 0.3) is 0 Å². The van der Waals surface area contributed by atoms with Crippen molar-refractivity contribution in [2.75, 3.05) is 39.5 Å². The number of rotatable bonds is 15. The van der Waals surface area contributed by atoms with Crippen molar-refractivity contribution in [1.82, 2.24) is 16.0 Å². The van der Waals surface area contributed by atoms with E-state index in [4.69, 9.17) is 9.47 Å². The number of amides is 1. The van der Waals surface area contributed by atoms with E-state index < -0.39 is 0 Å². The van der Waals surface area contributed by atoms with Crippen molar-refractivity contribution >= 4 is 11.9 Å². The molecule has 1 aromatic rings. The Labute approximate surface area is 182 Å². The van der Waals surface area contributed by atoms with Crippen molar-refractivity contribution in [2.24, 2.45) is 4.99 Å². The summed E-state index contributed by atoms with van der Waals surface area (Å²) in [6, 6.07) is 7.76. The third-order valence-corrected chi connectivity index (χ3v) is 4.52. The van der Waals surface area contributed by atoms with E-state index in [-0.39, 0.29) is 11.9 Å². The minimum Gasteiger partial charge on any atom is -0.379 e. The van der Waals surface area contributed by atoms with Crippen LogP contribution in [0.4, 0.5) is 0 Å². The molecule has 0 radical (unpaired) electrons. The van der Waals surface area contributed by atoms with E-state index in [2.05, 4.69) is 34.8 Å². The lowest BCUT2D eigenvalue weighted by Gasteiger charge is -2.12. The van der Waals surface area contributed by atoms with Crippen LogP contribution in [0.2, 0.25) is 0 Å². The molecule has 0 aliphatic rings. The topological polar surface area (TPSA) is 84.0 Å². The fourth-order valence-corrected chi connectivity index (χ4v) is 2.49. The first-order valence-corrected chi connectivity index (χ1v) is 11.2. The Kier molecular flexibility index (Phi) is 14.4. The van der Waals surface area contributed by atoms with Gasteiger partial charge in [0.05, 0.1) is 26.4 Å². The lowest BCUT2D eigenvalue weighted by atomic mass is 10.1. The summed E-state index contributed by atoms with van der Waals surface area (Å²) in [6.07, 6.45) is 3.16. The molecule has 7 nitrogen and oxygen atoms in total. The van der Waals surface area contributed by atoms with Gasteiger partial charge in [-0.25, -0.2) is 4.99 Å². The Morgan fingerprint density at radius 1 is 1.00 bits per heavy atom. The summed E-state index contributed by atoms with van der Waals surface area (Å²) in [5.74, 6) is 0.712. The van der Waals surface area contributed by atoms with E-state index in [1.54, 1.807) is 0 Å². The van der Waals surface area contributed by atoms with Crippen LogP contribution in [0.5, 0.6) is 0 Å². The van der Waals surface area contributed by atoms with Crippen molar-refractivity contribution in [3.05, 3.63) is 35.4 Å². The predicted octanol–water partition coefficient (Wildman–Crippen LogP) is 3.10. The lowest BCUT2D eigenvalue weighted by molar-refractivity contribution is 0.0487. The molecule has 0 spiro atoms. The van der Waals surface area contributed by atoms with Gasteiger partial charge in [0, 0.05) is 31.3 Å². The highest BCUT2D eigenvalue weighted by atomic mass is 16.5. The maximum atomic E-state index is 12.2. The van der Waals surface area contributed by atoms with E-state index in [9.17, 15) is 4.79 Å². The van der Waals surface area contributed by atoms with E-state index in [1.807, 2.05) is 38.1 Å². The number of unbranched alkanes of at least 4 members (excludes halogenated alkanes) is 1. The Hall–Kier alpha value is -2.12. The molecule has 0 fully saturated rings. The molecule has 0 aromatic heterocycles. The second-order valence-electron chi connectivity index (χ2n) is 7.18. The number of benzene rings is 1. The zero-order valence-electron chi connectivity index (χ0n) is 19.1. The van der Waals surface area contributed by atoms with Gasteiger partial charge in [-0.2, -0.15) is 0 Å². The Morgan fingerprint density at radius 2 is 1.70 bits per heavy atom. The van der Waals surface area contributed by atoms with Crippen molar-refractivity contribution in [2.45, 2.75) is 59.5 Å². The molecule has 7 heteroatoms. The number of ether oxygens (including phenoxy) is 2. The van der Waals surface area contributed by atoms with Gasteiger partial charge >= 0.3 is 0 Å². The number of hydrogen-bond donors (Lipinski definition) is 3. The first-order valence-electron chi connectivity index (χ1n) is 11.2. The molecule has 0 bridgehead atoms. The van der Waals surface area contributed by atoms with Crippen LogP contribution in [0.15, 0.2) is 29.3 Å². The van der Waals surface area contributed by atoms with Gasteiger partial charge in [0.1, 0.15) is 0 Å². The molecule has 3 N–H and O–H groups in total. The second kappa shape index (κ2) is 16.7. The zero-order chi connectivity index (χ0) is 22.0. The normalized spacial score (nSPS) is 12.5. The summed E-state index contributed by atoms with van der Waals surface area (Å²) in [4.78, 5) is 16.8. The van der Waals surface area contributed by atoms with Gasteiger partial charge < -0.3 is 25.4 Å². The van der Waals surface area contributed by atoms with Gasteiger partial charge in [0.2, 0.25) is 0 Å². The monoisotopic (exact) mass is 420 g/mol. The van der Waals surface area contributed by atoms with Crippen LogP contribution in [0.3, 0.4) is 0 Å². The number of aliphatic imine (C=N–C) groups is 1. The van der Waals surface area contributed by atoms with Crippen LogP contribution < -0.4 is 16.0 Å². The number of hydrogen-bond acceptors (Lipinski definition) is 4. The number of guanidine groups is 1. The summed E-state index contributed by atoms with van der Waals surface area (Å²) < 4.78 is 11.0. The van der Waals surface area contributed by atoms with E-state index in [0.717, 1.165) is 43.9 Å². The third kappa shape index (κ3) is 11.8. The van der Waals surface area contributed by atoms with Gasteiger partial charge in [-0.3, -0.25) is 4.79 Å². The van der Waals surface area contributed by atoms with Gasteiger partial charge in [-0.05, 0) is 44.4 Å². The largest absolute Gasteiger partial charge is 0.379 e. The van der Waals surface area contributed by atoms with E-state index in [0.29, 0.717) is 38.5 Å². The molecular weight excluding hydrogens is 380 g/mol. The van der Waals surface area contributed by atoms with Gasteiger partial charge in [0.25, 0.3) is 5.91 Å². The van der Waals surface area contributed by atoms with Crippen molar-refractivity contribution in [3.63, 3.8) is 0 Å². The summed E-state index contributed by atoms with van der Waals surface area (Å²) >= 11 is 0. The Morgan fingerprint density at radius 3 is 2.33 bits per heavy atom. The first-order chi connectivity index (χ1) is 14.6. The fourth-order valence-electron chi connectivity index (χ4n) is 2.49. The highest BCUT2D eigenvalue weighted by molar-refractivity contribution is 5.94.